The van der Waals surface area contributed by atoms with E-state index in [1.54, 1.807) is 31.3 Å². The number of halogens is 1. The van der Waals surface area contributed by atoms with Crippen molar-refractivity contribution < 1.29 is 8.42 Å². The van der Waals surface area contributed by atoms with Crippen LogP contribution < -0.4 is 15.4 Å². The molecule has 0 amide bonds. The van der Waals surface area contributed by atoms with Gasteiger partial charge < -0.3 is 10.6 Å². The Hall–Kier alpha value is -2.75. The molecule has 152 valence electrons. The van der Waals surface area contributed by atoms with E-state index >= 15 is 0 Å². The number of aryl methyl sites for hydroxylation is 1. The van der Waals surface area contributed by atoms with Crippen molar-refractivity contribution in [3.8, 4) is 0 Å². The zero-order chi connectivity index (χ0) is 20.9. The third-order valence-corrected chi connectivity index (χ3v) is 6.08. The van der Waals surface area contributed by atoms with Crippen molar-refractivity contribution in [1.29, 1.82) is 0 Å². The molecule has 0 unspecified atom stereocenters. The monoisotopic (exact) mass is 432 g/mol. The highest BCUT2D eigenvalue weighted by Gasteiger charge is 2.17. The Bertz CT molecular complexity index is 1110. The second-order valence-corrected chi connectivity index (χ2v) is 8.46. The van der Waals surface area contributed by atoms with E-state index in [-0.39, 0.29) is 11.4 Å². The van der Waals surface area contributed by atoms with Crippen LogP contribution in [-0.4, -0.2) is 36.5 Å². The summed E-state index contributed by atoms with van der Waals surface area (Å²) in [6, 6.07) is 10.3. The van der Waals surface area contributed by atoms with Crippen molar-refractivity contribution in [1.82, 2.24) is 19.7 Å². The Morgan fingerprint density at radius 2 is 1.72 bits per heavy atom. The summed E-state index contributed by atoms with van der Waals surface area (Å²) >= 11 is 6.01. The highest BCUT2D eigenvalue weighted by atomic mass is 35.5. The van der Waals surface area contributed by atoms with Gasteiger partial charge in [-0.2, -0.15) is 0 Å². The molecule has 8 nitrogen and oxygen atoms in total. The van der Waals surface area contributed by atoms with Crippen molar-refractivity contribution >= 4 is 39.1 Å². The highest BCUT2D eigenvalue weighted by Crippen LogP contribution is 2.22. The summed E-state index contributed by atoms with van der Waals surface area (Å²) in [5.41, 5.74) is 1.60. The van der Waals surface area contributed by atoms with Crippen molar-refractivity contribution in [2.75, 3.05) is 23.7 Å². The van der Waals surface area contributed by atoms with Gasteiger partial charge in [0.2, 0.25) is 10.0 Å². The molecule has 10 heteroatoms. The molecule has 0 atom stereocenters. The third-order valence-electron chi connectivity index (χ3n) is 4.07. The van der Waals surface area contributed by atoms with Crippen LogP contribution >= 0.6 is 11.6 Å². The SMILES string of the molecule is Cc1ccnc(Nc2cc(NCCNS(=O)(=O)c3cccc(Cl)c3C)ncn2)c1. The van der Waals surface area contributed by atoms with Crippen LogP contribution in [0, 0.1) is 13.8 Å². The number of rotatable bonds is 8. The van der Waals surface area contributed by atoms with Gasteiger partial charge >= 0.3 is 0 Å². The van der Waals surface area contributed by atoms with E-state index in [1.165, 1.54) is 12.4 Å². The third kappa shape index (κ3) is 5.63. The second-order valence-electron chi connectivity index (χ2n) is 6.32. The van der Waals surface area contributed by atoms with Crippen molar-refractivity contribution in [2.24, 2.45) is 0 Å². The number of anilines is 3. The maximum atomic E-state index is 12.5. The van der Waals surface area contributed by atoms with Crippen molar-refractivity contribution in [2.45, 2.75) is 18.7 Å². The van der Waals surface area contributed by atoms with Gasteiger partial charge in [0.1, 0.15) is 23.8 Å². The minimum absolute atomic E-state index is 0.171. The van der Waals surface area contributed by atoms with Crippen LogP contribution in [0.25, 0.3) is 0 Å². The number of hydrogen-bond acceptors (Lipinski definition) is 7. The number of pyridine rings is 1. The van der Waals surface area contributed by atoms with Gasteiger partial charge in [-0.25, -0.2) is 28.1 Å². The van der Waals surface area contributed by atoms with Gasteiger partial charge in [0.15, 0.2) is 0 Å². The number of sulfonamides is 1. The summed E-state index contributed by atoms with van der Waals surface area (Å²) in [7, 11) is -3.65. The van der Waals surface area contributed by atoms with E-state index in [4.69, 9.17) is 11.6 Å². The van der Waals surface area contributed by atoms with E-state index in [9.17, 15) is 8.42 Å². The Labute approximate surface area is 174 Å². The average Bonchev–Trinajstić information content (AvgIpc) is 2.68. The molecule has 0 bridgehead atoms. The van der Waals surface area contributed by atoms with Crippen molar-refractivity contribution in [3.63, 3.8) is 0 Å². The smallest absolute Gasteiger partial charge is 0.240 e. The van der Waals surface area contributed by atoms with Crippen LogP contribution in [0.15, 0.2) is 53.8 Å². The molecule has 0 aliphatic heterocycles. The maximum absolute atomic E-state index is 12.5. The lowest BCUT2D eigenvalue weighted by Crippen LogP contribution is -2.29. The highest BCUT2D eigenvalue weighted by molar-refractivity contribution is 7.89. The van der Waals surface area contributed by atoms with Crippen LogP contribution in [0.3, 0.4) is 0 Å². The minimum atomic E-state index is -3.65. The molecular formula is C19H21ClN6O2S. The first-order chi connectivity index (χ1) is 13.8. The predicted molar refractivity (Wildman–Crippen MR) is 114 cm³/mol. The van der Waals surface area contributed by atoms with Crippen LogP contribution in [0.2, 0.25) is 5.02 Å². The summed E-state index contributed by atoms with van der Waals surface area (Å²) in [6.07, 6.45) is 3.13. The molecule has 0 saturated carbocycles. The van der Waals surface area contributed by atoms with Gasteiger partial charge in [-0.05, 0) is 49.2 Å². The normalized spacial score (nSPS) is 11.3. The van der Waals surface area contributed by atoms with Gasteiger partial charge in [-0.1, -0.05) is 17.7 Å². The molecule has 0 fully saturated rings. The number of hydrogen-bond donors (Lipinski definition) is 3. The number of nitrogens with zero attached hydrogens (tertiary/aromatic N) is 3. The number of benzene rings is 1. The summed E-state index contributed by atoms with van der Waals surface area (Å²) in [5.74, 6) is 1.82. The fourth-order valence-electron chi connectivity index (χ4n) is 2.59. The molecule has 2 aromatic heterocycles. The van der Waals surface area contributed by atoms with E-state index in [0.717, 1.165) is 5.56 Å². The van der Waals surface area contributed by atoms with E-state index in [2.05, 4.69) is 30.3 Å². The average molecular weight is 433 g/mol. The Morgan fingerprint density at radius 1 is 0.966 bits per heavy atom. The minimum Gasteiger partial charge on any atom is -0.369 e. The van der Waals surface area contributed by atoms with Gasteiger partial charge in [0.05, 0.1) is 4.90 Å². The largest absolute Gasteiger partial charge is 0.369 e. The molecule has 3 N–H and O–H groups in total. The van der Waals surface area contributed by atoms with E-state index < -0.39 is 10.0 Å². The molecule has 3 rings (SSSR count). The van der Waals surface area contributed by atoms with Crippen LogP contribution in [-0.2, 0) is 10.0 Å². The standard InChI is InChI=1S/C19H21ClN6O2S/c1-13-6-7-21-18(10-13)26-19-11-17(23-12-24-19)22-8-9-25-29(27,28)16-5-3-4-15(20)14(16)2/h3-7,10-12,25H,8-9H2,1-2H3,(H2,21,22,23,24,26). The topological polar surface area (TPSA) is 109 Å². The first-order valence-electron chi connectivity index (χ1n) is 8.85. The van der Waals surface area contributed by atoms with Crippen LogP contribution in [0.4, 0.5) is 17.5 Å². The number of aromatic nitrogens is 3. The van der Waals surface area contributed by atoms with E-state index in [0.29, 0.717) is 34.6 Å². The van der Waals surface area contributed by atoms with Gasteiger partial charge in [-0.15, -0.1) is 0 Å². The molecule has 0 aliphatic carbocycles. The molecule has 0 saturated heterocycles. The van der Waals surface area contributed by atoms with Gasteiger partial charge in [-0.3, -0.25) is 0 Å². The lowest BCUT2D eigenvalue weighted by atomic mass is 10.2. The van der Waals surface area contributed by atoms with Crippen LogP contribution in [0.1, 0.15) is 11.1 Å². The quantitative estimate of drug-likeness (QED) is 0.468. The Morgan fingerprint density at radius 3 is 2.52 bits per heavy atom. The molecule has 1 aromatic carbocycles. The molecule has 0 aliphatic rings. The molecule has 0 spiro atoms. The second kappa shape index (κ2) is 9.17. The Balaban J connectivity index is 1.56. The summed E-state index contributed by atoms with van der Waals surface area (Å²) in [5, 5.41) is 6.59. The predicted octanol–water partition coefficient (Wildman–Crippen LogP) is 3.28. The Kier molecular flexibility index (Phi) is 6.63. The molecule has 0 radical (unpaired) electrons. The fourth-order valence-corrected chi connectivity index (χ4v) is 4.12. The van der Waals surface area contributed by atoms with Crippen LogP contribution in [0.5, 0.6) is 0 Å². The lowest BCUT2D eigenvalue weighted by Gasteiger charge is -2.11. The molecule has 3 aromatic rings. The molecule has 29 heavy (non-hydrogen) atoms. The fraction of sp³-hybridized carbons (Fsp3) is 0.211. The zero-order valence-corrected chi connectivity index (χ0v) is 17.5. The first-order valence-corrected chi connectivity index (χ1v) is 10.7. The lowest BCUT2D eigenvalue weighted by molar-refractivity contribution is 0.582. The summed E-state index contributed by atoms with van der Waals surface area (Å²) < 4.78 is 27.5. The van der Waals surface area contributed by atoms with Gasteiger partial charge in [0.25, 0.3) is 0 Å². The molecule has 2 heterocycles. The molecular weight excluding hydrogens is 412 g/mol. The van der Waals surface area contributed by atoms with Gasteiger partial charge in [0, 0.05) is 30.4 Å². The van der Waals surface area contributed by atoms with E-state index in [1.807, 2.05) is 19.1 Å². The first kappa shape index (κ1) is 21.0. The maximum Gasteiger partial charge on any atom is 0.240 e. The number of nitrogens with one attached hydrogen (secondary N) is 3. The summed E-state index contributed by atoms with van der Waals surface area (Å²) in [4.78, 5) is 12.7. The summed E-state index contributed by atoms with van der Waals surface area (Å²) in [6.45, 7) is 4.18. The van der Waals surface area contributed by atoms with Crippen molar-refractivity contribution in [3.05, 3.63) is 65.1 Å². The zero-order valence-electron chi connectivity index (χ0n) is 16.0.